The summed E-state index contributed by atoms with van der Waals surface area (Å²) in [5.74, 6) is -11.1. The first-order valence-corrected chi connectivity index (χ1v) is 24.8. The average Bonchev–Trinajstić information content (AvgIpc) is 3.81. The molecule has 1 heterocycles. The number of nitrogens with zero attached hydrogens (tertiary/aromatic N) is 2. The van der Waals surface area contributed by atoms with E-state index in [1.807, 2.05) is 0 Å². The van der Waals surface area contributed by atoms with Crippen LogP contribution in [0.25, 0.3) is 0 Å². The molecule has 19 N–H and O–H groups in total. The van der Waals surface area contributed by atoms with E-state index in [4.69, 9.17) is 28.0 Å². The molecule has 28 nitrogen and oxygen atoms in total. The van der Waals surface area contributed by atoms with Crippen molar-refractivity contribution in [2.45, 2.75) is 161 Å². The van der Waals surface area contributed by atoms with Crippen molar-refractivity contribution in [1.29, 1.82) is 0 Å². The van der Waals surface area contributed by atoms with Gasteiger partial charge in [0.05, 0.1) is 19.8 Å². The SMILES string of the molecule is CC(C)C[C@H](NC(=O)[C@H](CC(C)C)NC(=O)[C@H](CCCN=C(N)N)NC(=O)[C@@H](NC(=O)CNC(=O)[C@@H]1CCCN1C(=O)[C@@H](NC(=O)[C@H](CO)NC(=O)[C@@H](N)CO)C(C)C)C(C)C)C(=O)N[C@@H](CCC(N)=O)C(=O)O. The van der Waals surface area contributed by atoms with Crippen molar-refractivity contribution in [2.75, 3.05) is 32.8 Å². The van der Waals surface area contributed by atoms with E-state index in [9.17, 15) is 63.0 Å². The smallest absolute Gasteiger partial charge is 0.326 e. The Bertz CT molecular complexity index is 1980. The Morgan fingerprint density at radius 1 is 0.608 bits per heavy atom. The van der Waals surface area contributed by atoms with Crippen molar-refractivity contribution in [3.05, 3.63) is 0 Å². The molecule has 0 spiro atoms. The lowest BCUT2D eigenvalue weighted by Crippen LogP contribution is -2.60. The fourth-order valence-corrected chi connectivity index (χ4v) is 7.65. The van der Waals surface area contributed by atoms with E-state index in [0.717, 1.165) is 0 Å². The molecule has 10 amide bonds. The number of aliphatic imine (C=N–C) groups is 1. The standard InChI is InChI=1S/C46H82N14O14/c1-22(2)17-29(39(67)54-28(45(73)74)13-14-33(48)63)56-40(68)30(18-23(3)4)55-38(66)27(11-9-15-51-46(49)50)53-43(71)35(24(5)6)58-34(64)19-52-42(70)32-12-10-16-60(32)44(72)36(25(7)8)59-41(69)31(21-62)57-37(65)26(47)20-61/h22-32,35-36,61-62H,9-21,47H2,1-8H3,(H2,48,63)(H,52,70)(H,53,71)(H,54,67)(H,55,66)(H,56,68)(H,57,65)(H,58,64)(H,59,69)(H,73,74)(H4,49,50,51)/t26-,27-,28-,29-,30-,31-,32-,35-,36-/m0/s1. The van der Waals surface area contributed by atoms with Crippen LogP contribution in [0.1, 0.15) is 107 Å². The summed E-state index contributed by atoms with van der Waals surface area (Å²) in [6.07, 6.45) is 0.209. The highest BCUT2D eigenvalue weighted by Gasteiger charge is 2.40. The van der Waals surface area contributed by atoms with Gasteiger partial charge in [-0.15, -0.1) is 0 Å². The number of carboxylic acids is 1. The first-order valence-electron chi connectivity index (χ1n) is 24.8. The maximum absolute atomic E-state index is 14.1. The van der Waals surface area contributed by atoms with Gasteiger partial charge in [0.25, 0.3) is 0 Å². The number of rotatable bonds is 33. The highest BCUT2D eigenvalue weighted by Crippen LogP contribution is 2.21. The third-order valence-corrected chi connectivity index (χ3v) is 11.7. The zero-order chi connectivity index (χ0) is 56.6. The lowest BCUT2D eigenvalue weighted by molar-refractivity contribution is -0.143. The fraction of sp³-hybridized carbons (Fsp3) is 0.739. The van der Waals surface area contributed by atoms with Gasteiger partial charge in [-0.3, -0.25) is 52.9 Å². The molecular weight excluding hydrogens is 973 g/mol. The third-order valence-electron chi connectivity index (χ3n) is 11.7. The van der Waals surface area contributed by atoms with Crippen LogP contribution in [0, 0.1) is 23.7 Å². The molecular formula is C46H82N14O14. The number of hydrogen-bond acceptors (Lipinski definition) is 15. The molecule has 0 aromatic heterocycles. The molecule has 1 aliphatic rings. The highest BCUT2D eigenvalue weighted by atomic mass is 16.4. The van der Waals surface area contributed by atoms with E-state index in [0.29, 0.717) is 6.42 Å². The number of likely N-dealkylation sites (tertiary alicyclic amines) is 1. The molecule has 9 atom stereocenters. The largest absolute Gasteiger partial charge is 0.480 e. The number of carboxylic acid groups (broad SMARTS) is 1. The molecule has 1 aliphatic heterocycles. The molecule has 74 heavy (non-hydrogen) atoms. The van der Waals surface area contributed by atoms with Crippen molar-refractivity contribution in [1.82, 2.24) is 47.4 Å². The molecule has 0 unspecified atom stereocenters. The van der Waals surface area contributed by atoms with Crippen molar-refractivity contribution in [2.24, 2.45) is 51.6 Å². The van der Waals surface area contributed by atoms with Crippen molar-refractivity contribution in [3.63, 3.8) is 0 Å². The molecule has 0 aromatic carbocycles. The molecule has 0 aliphatic carbocycles. The number of nitrogens with two attached hydrogens (primary N) is 4. The Balaban J connectivity index is 3.25. The molecule has 1 saturated heterocycles. The van der Waals surface area contributed by atoms with Gasteiger partial charge in [0.15, 0.2) is 5.96 Å². The zero-order valence-corrected chi connectivity index (χ0v) is 43.7. The Hall–Kier alpha value is -6.68. The van der Waals surface area contributed by atoms with Crippen LogP contribution < -0.4 is 65.5 Å². The molecule has 0 bridgehead atoms. The third kappa shape index (κ3) is 23.0. The van der Waals surface area contributed by atoms with Crippen LogP contribution in [0.2, 0.25) is 0 Å². The van der Waals surface area contributed by atoms with Gasteiger partial charge in [0, 0.05) is 19.5 Å². The van der Waals surface area contributed by atoms with Gasteiger partial charge in [-0.1, -0.05) is 55.4 Å². The molecule has 1 rings (SSSR count). The fourth-order valence-electron chi connectivity index (χ4n) is 7.65. The van der Waals surface area contributed by atoms with E-state index in [1.165, 1.54) is 4.90 Å². The number of carbonyl (C=O) groups is 11. The topological polar surface area (TPSA) is 464 Å². The average molecular weight is 1060 g/mol. The van der Waals surface area contributed by atoms with Crippen LogP contribution in [0.5, 0.6) is 0 Å². The summed E-state index contributed by atoms with van der Waals surface area (Å²) in [4.78, 5) is 150. The first-order chi connectivity index (χ1) is 34.5. The summed E-state index contributed by atoms with van der Waals surface area (Å²) in [6, 6.07) is -11.8. The van der Waals surface area contributed by atoms with Crippen LogP contribution >= 0.6 is 0 Å². The number of aliphatic hydroxyl groups excluding tert-OH is 2. The Labute approximate surface area is 431 Å². The summed E-state index contributed by atoms with van der Waals surface area (Å²) in [5.41, 5.74) is 21.6. The lowest BCUT2D eigenvalue weighted by atomic mass is 9.99. The lowest BCUT2D eigenvalue weighted by Gasteiger charge is -2.31. The molecule has 0 aromatic rings. The Morgan fingerprint density at radius 2 is 1.11 bits per heavy atom. The number of amides is 10. The summed E-state index contributed by atoms with van der Waals surface area (Å²) >= 11 is 0. The summed E-state index contributed by atoms with van der Waals surface area (Å²) in [7, 11) is 0. The highest BCUT2D eigenvalue weighted by molar-refractivity contribution is 5.98. The normalized spacial score (nSPS) is 16.6. The van der Waals surface area contributed by atoms with E-state index < -0.39 is 151 Å². The second kappa shape index (κ2) is 32.5. The molecule has 0 radical (unpaired) electrons. The number of primary amides is 1. The number of guanidine groups is 1. The first kappa shape index (κ1) is 65.3. The van der Waals surface area contributed by atoms with Gasteiger partial charge in [0.1, 0.15) is 54.4 Å². The number of carbonyl (C=O) groups excluding carboxylic acids is 10. The molecule has 28 heteroatoms. The van der Waals surface area contributed by atoms with E-state index >= 15 is 0 Å². The summed E-state index contributed by atoms with van der Waals surface area (Å²) < 4.78 is 0. The van der Waals surface area contributed by atoms with E-state index in [2.05, 4.69) is 47.5 Å². The molecule has 0 saturated carbocycles. The van der Waals surface area contributed by atoms with Crippen LogP contribution in [-0.2, 0) is 52.7 Å². The molecule has 420 valence electrons. The minimum Gasteiger partial charge on any atom is -0.480 e. The van der Waals surface area contributed by atoms with Crippen LogP contribution in [-0.4, -0.2) is 178 Å². The van der Waals surface area contributed by atoms with E-state index in [-0.39, 0.29) is 75.8 Å². The second-order valence-corrected chi connectivity index (χ2v) is 19.8. The minimum absolute atomic E-state index is 0.0486. The number of hydrogen-bond donors (Lipinski definition) is 15. The predicted molar refractivity (Wildman–Crippen MR) is 268 cm³/mol. The maximum Gasteiger partial charge on any atom is 0.326 e. The Morgan fingerprint density at radius 3 is 1.58 bits per heavy atom. The number of nitrogens with one attached hydrogen (secondary N) is 8. The van der Waals surface area contributed by atoms with Crippen molar-refractivity contribution in [3.8, 4) is 0 Å². The van der Waals surface area contributed by atoms with Crippen LogP contribution in [0.3, 0.4) is 0 Å². The molecule has 1 fully saturated rings. The van der Waals surface area contributed by atoms with Gasteiger partial charge < -0.3 is 85.7 Å². The maximum atomic E-state index is 14.1. The van der Waals surface area contributed by atoms with Crippen molar-refractivity contribution >= 4 is 71.0 Å². The monoisotopic (exact) mass is 1050 g/mol. The van der Waals surface area contributed by atoms with Gasteiger partial charge in [-0.05, 0) is 68.6 Å². The van der Waals surface area contributed by atoms with Crippen LogP contribution in [0.4, 0.5) is 0 Å². The summed E-state index contributed by atoms with van der Waals surface area (Å²) in [5, 5.41) is 48.6. The number of aliphatic hydroxyl groups is 2. The van der Waals surface area contributed by atoms with Crippen molar-refractivity contribution < 1.29 is 68.1 Å². The summed E-state index contributed by atoms with van der Waals surface area (Å²) in [6.45, 7) is 11.6. The quantitative estimate of drug-likeness (QED) is 0.0166. The predicted octanol–water partition coefficient (Wildman–Crippen LogP) is -5.39. The van der Waals surface area contributed by atoms with Gasteiger partial charge >= 0.3 is 5.97 Å². The zero-order valence-electron chi connectivity index (χ0n) is 43.7. The number of aliphatic carboxylic acids is 1. The minimum atomic E-state index is -1.51. The van der Waals surface area contributed by atoms with Gasteiger partial charge in [-0.25, -0.2) is 4.79 Å². The van der Waals surface area contributed by atoms with Crippen LogP contribution in [0.15, 0.2) is 4.99 Å². The van der Waals surface area contributed by atoms with Gasteiger partial charge in [0.2, 0.25) is 59.1 Å². The van der Waals surface area contributed by atoms with Gasteiger partial charge in [-0.2, -0.15) is 0 Å². The second-order valence-electron chi connectivity index (χ2n) is 19.8. The Kier molecular flexibility index (Phi) is 28.7. The van der Waals surface area contributed by atoms with E-state index in [1.54, 1.807) is 55.4 Å².